The van der Waals surface area contributed by atoms with Crippen LogP contribution in [0.25, 0.3) is 11.1 Å². The molecule has 0 fully saturated rings. The Kier molecular flexibility index (Phi) is 3.47. The van der Waals surface area contributed by atoms with Crippen molar-refractivity contribution in [1.82, 2.24) is 0 Å². The summed E-state index contributed by atoms with van der Waals surface area (Å²) in [6.45, 7) is 0. The highest BCUT2D eigenvalue weighted by Gasteiger charge is 2.17. The fourth-order valence-corrected chi connectivity index (χ4v) is 1.87. The van der Waals surface area contributed by atoms with Gasteiger partial charge in [-0.05, 0) is 12.1 Å². The van der Waals surface area contributed by atoms with E-state index in [0.29, 0.717) is 11.1 Å². The van der Waals surface area contributed by atoms with E-state index in [4.69, 9.17) is 9.47 Å². The SMILES string of the molecule is COc1cc(O)c(O)cc1-c1cc(O)c(O)cc1OC. The van der Waals surface area contributed by atoms with Crippen LogP contribution < -0.4 is 9.47 Å². The first kappa shape index (κ1) is 13.7. The fourth-order valence-electron chi connectivity index (χ4n) is 1.87. The van der Waals surface area contributed by atoms with Gasteiger partial charge in [0.1, 0.15) is 11.5 Å². The van der Waals surface area contributed by atoms with Crippen LogP contribution in [0.3, 0.4) is 0 Å². The van der Waals surface area contributed by atoms with Crippen LogP contribution in [0, 0.1) is 0 Å². The predicted octanol–water partition coefficient (Wildman–Crippen LogP) is 2.19. The third kappa shape index (κ3) is 2.23. The maximum Gasteiger partial charge on any atom is 0.161 e. The fraction of sp³-hybridized carbons (Fsp3) is 0.143. The molecule has 2 rings (SSSR count). The van der Waals surface area contributed by atoms with E-state index < -0.39 is 0 Å². The molecule has 2 aromatic carbocycles. The lowest BCUT2D eigenvalue weighted by Crippen LogP contribution is -1.92. The third-order valence-corrected chi connectivity index (χ3v) is 2.88. The second-order valence-electron chi connectivity index (χ2n) is 4.08. The first-order chi connectivity index (χ1) is 9.47. The Morgan fingerprint density at radius 2 is 0.900 bits per heavy atom. The van der Waals surface area contributed by atoms with Crippen LogP contribution in [0.5, 0.6) is 34.5 Å². The van der Waals surface area contributed by atoms with Gasteiger partial charge in [0.05, 0.1) is 14.2 Å². The van der Waals surface area contributed by atoms with Crippen molar-refractivity contribution in [2.45, 2.75) is 0 Å². The highest BCUT2D eigenvalue weighted by atomic mass is 16.5. The number of hydrogen-bond acceptors (Lipinski definition) is 6. The molecule has 6 heteroatoms. The molecule has 0 heterocycles. The Balaban J connectivity index is 2.73. The second kappa shape index (κ2) is 5.08. The second-order valence-corrected chi connectivity index (χ2v) is 4.08. The Morgan fingerprint density at radius 1 is 0.600 bits per heavy atom. The summed E-state index contributed by atoms with van der Waals surface area (Å²) in [4.78, 5) is 0. The van der Waals surface area contributed by atoms with E-state index >= 15 is 0 Å². The number of phenols is 4. The van der Waals surface area contributed by atoms with E-state index in [2.05, 4.69) is 0 Å². The van der Waals surface area contributed by atoms with Crippen molar-refractivity contribution in [3.05, 3.63) is 24.3 Å². The van der Waals surface area contributed by atoms with E-state index in [1.54, 1.807) is 0 Å². The van der Waals surface area contributed by atoms with Gasteiger partial charge in [-0.15, -0.1) is 0 Å². The van der Waals surface area contributed by atoms with Gasteiger partial charge < -0.3 is 29.9 Å². The molecule has 0 unspecified atom stereocenters. The average Bonchev–Trinajstić information content (AvgIpc) is 2.43. The van der Waals surface area contributed by atoms with Crippen LogP contribution in [0.4, 0.5) is 0 Å². The Labute approximate surface area is 115 Å². The van der Waals surface area contributed by atoms with Crippen LogP contribution in [-0.2, 0) is 0 Å². The zero-order valence-corrected chi connectivity index (χ0v) is 10.9. The van der Waals surface area contributed by atoms with Crippen molar-refractivity contribution >= 4 is 0 Å². The number of phenolic OH excluding ortho intramolecular Hbond substituents is 4. The minimum Gasteiger partial charge on any atom is -0.504 e. The Morgan fingerprint density at radius 3 is 1.20 bits per heavy atom. The van der Waals surface area contributed by atoms with Crippen LogP contribution in [0.15, 0.2) is 24.3 Å². The Hall–Kier alpha value is -2.76. The quantitative estimate of drug-likeness (QED) is 0.642. The lowest BCUT2D eigenvalue weighted by Gasteiger charge is -2.14. The first-order valence-corrected chi connectivity index (χ1v) is 5.68. The lowest BCUT2D eigenvalue weighted by atomic mass is 10.0. The summed E-state index contributed by atoms with van der Waals surface area (Å²) in [6.07, 6.45) is 0. The third-order valence-electron chi connectivity index (χ3n) is 2.88. The van der Waals surface area contributed by atoms with E-state index in [-0.39, 0.29) is 34.5 Å². The van der Waals surface area contributed by atoms with Gasteiger partial charge in [-0.2, -0.15) is 0 Å². The molecule has 0 amide bonds. The molecule has 0 bridgehead atoms. The molecule has 0 saturated heterocycles. The standard InChI is InChI=1S/C14H14O6/c1-19-13-5-11(17)9(15)3-7(13)8-4-10(16)12(18)6-14(8)20-2/h3-6,15-18H,1-2H3. The molecule has 0 saturated carbocycles. The topological polar surface area (TPSA) is 99.4 Å². The van der Waals surface area contributed by atoms with Crippen molar-refractivity contribution in [3.63, 3.8) is 0 Å². The van der Waals surface area contributed by atoms with Gasteiger partial charge in [0.15, 0.2) is 23.0 Å². The highest BCUT2D eigenvalue weighted by molar-refractivity contribution is 5.80. The number of hydrogen-bond donors (Lipinski definition) is 4. The maximum atomic E-state index is 9.61. The minimum atomic E-state index is -0.338. The van der Waals surface area contributed by atoms with Crippen LogP contribution in [0.2, 0.25) is 0 Å². The van der Waals surface area contributed by atoms with Crippen molar-refractivity contribution in [2.75, 3.05) is 14.2 Å². The summed E-state index contributed by atoms with van der Waals surface area (Å²) in [6, 6.07) is 5.05. The van der Waals surface area contributed by atoms with Crippen LogP contribution in [-0.4, -0.2) is 34.6 Å². The number of rotatable bonds is 3. The minimum absolute atomic E-state index is 0.281. The molecule has 0 atom stereocenters. The lowest BCUT2D eigenvalue weighted by molar-refractivity contribution is 0.383. The monoisotopic (exact) mass is 278 g/mol. The molecule has 0 aliphatic rings. The number of ether oxygens (including phenoxy) is 2. The summed E-state index contributed by atoms with van der Waals surface area (Å²) < 4.78 is 10.3. The maximum absolute atomic E-state index is 9.61. The van der Waals surface area contributed by atoms with Gasteiger partial charge in [-0.25, -0.2) is 0 Å². The van der Waals surface area contributed by atoms with E-state index in [9.17, 15) is 20.4 Å². The Bertz CT molecular complexity index is 593. The molecule has 0 spiro atoms. The summed E-state index contributed by atoms with van der Waals surface area (Å²) in [5, 5.41) is 38.2. The van der Waals surface area contributed by atoms with Gasteiger partial charge in [0.2, 0.25) is 0 Å². The van der Waals surface area contributed by atoms with Crippen LogP contribution >= 0.6 is 0 Å². The van der Waals surface area contributed by atoms with Crippen molar-refractivity contribution in [2.24, 2.45) is 0 Å². The van der Waals surface area contributed by atoms with Crippen molar-refractivity contribution in [3.8, 4) is 45.6 Å². The molecule has 0 aliphatic heterocycles. The summed E-state index contributed by atoms with van der Waals surface area (Å²) in [5.74, 6) is -0.765. The van der Waals surface area contributed by atoms with Gasteiger partial charge in [-0.3, -0.25) is 0 Å². The summed E-state index contributed by atoms with van der Waals surface area (Å²) in [5.41, 5.74) is 0.796. The van der Waals surface area contributed by atoms with Crippen LogP contribution in [0.1, 0.15) is 0 Å². The van der Waals surface area contributed by atoms with E-state index in [1.165, 1.54) is 38.5 Å². The number of benzene rings is 2. The normalized spacial score (nSPS) is 10.3. The molecule has 0 radical (unpaired) electrons. The van der Waals surface area contributed by atoms with Gasteiger partial charge in [-0.1, -0.05) is 0 Å². The number of methoxy groups -OCH3 is 2. The van der Waals surface area contributed by atoms with E-state index in [1.807, 2.05) is 0 Å². The molecule has 2 aromatic rings. The smallest absolute Gasteiger partial charge is 0.161 e. The molecule has 6 nitrogen and oxygen atoms in total. The molecular weight excluding hydrogens is 264 g/mol. The van der Waals surface area contributed by atoms with Crippen molar-refractivity contribution in [1.29, 1.82) is 0 Å². The average molecular weight is 278 g/mol. The predicted molar refractivity (Wildman–Crippen MR) is 71.6 cm³/mol. The van der Waals surface area contributed by atoms with Gasteiger partial charge >= 0.3 is 0 Å². The highest BCUT2D eigenvalue weighted by Crippen LogP contribution is 2.45. The molecule has 0 aliphatic carbocycles. The molecule has 4 N–H and O–H groups in total. The van der Waals surface area contributed by atoms with Gasteiger partial charge in [0.25, 0.3) is 0 Å². The zero-order chi connectivity index (χ0) is 14.9. The summed E-state index contributed by atoms with van der Waals surface area (Å²) >= 11 is 0. The van der Waals surface area contributed by atoms with Gasteiger partial charge in [0, 0.05) is 23.3 Å². The molecule has 0 aromatic heterocycles. The molecular formula is C14H14O6. The largest absolute Gasteiger partial charge is 0.504 e. The first-order valence-electron chi connectivity index (χ1n) is 5.68. The number of aromatic hydroxyl groups is 4. The summed E-state index contributed by atoms with van der Waals surface area (Å²) in [7, 11) is 2.81. The molecule has 20 heavy (non-hydrogen) atoms. The zero-order valence-electron chi connectivity index (χ0n) is 10.9. The van der Waals surface area contributed by atoms with Crippen molar-refractivity contribution < 1.29 is 29.9 Å². The van der Waals surface area contributed by atoms with E-state index in [0.717, 1.165) is 0 Å². The molecule has 106 valence electrons.